The highest BCUT2D eigenvalue weighted by Gasteiger charge is 2.25. The second-order valence-electron chi connectivity index (χ2n) is 7.53. The minimum atomic E-state index is 0.0345. The maximum Gasteiger partial charge on any atom is 0.237 e. The maximum atomic E-state index is 12.7. The van der Waals surface area contributed by atoms with Crippen LogP contribution in [0.4, 0.5) is 5.69 Å². The molecule has 7 heteroatoms. The van der Waals surface area contributed by atoms with Gasteiger partial charge in [0, 0.05) is 19.2 Å². The van der Waals surface area contributed by atoms with Crippen LogP contribution in [0.3, 0.4) is 0 Å². The Labute approximate surface area is 182 Å². The van der Waals surface area contributed by atoms with Crippen molar-refractivity contribution in [2.45, 2.75) is 31.1 Å². The summed E-state index contributed by atoms with van der Waals surface area (Å²) in [5.41, 5.74) is 2.08. The van der Waals surface area contributed by atoms with Gasteiger partial charge in [0.25, 0.3) is 0 Å². The van der Waals surface area contributed by atoms with E-state index in [1.165, 1.54) is 22.2 Å². The van der Waals surface area contributed by atoms with Crippen LogP contribution in [0, 0.1) is 0 Å². The first kappa shape index (κ1) is 22.1. The topological polar surface area (TPSA) is 55.5 Å². The van der Waals surface area contributed by atoms with Crippen molar-refractivity contribution in [2.24, 2.45) is 0 Å². The van der Waals surface area contributed by atoms with Crippen LogP contribution in [0.2, 0.25) is 0 Å². The molecule has 0 aliphatic heterocycles. The van der Waals surface area contributed by atoms with Gasteiger partial charge in [-0.25, -0.2) is 0 Å². The number of amides is 1. The molecule has 0 aliphatic rings. The standard InChI is InChI=1S/C23H29N5OS/c1-5-20(26(2)3)22-24-25-23(28(22)16-18-12-8-6-9-13-18)30-17-21(29)27(4)19-14-10-7-11-15-19/h6-15,20H,5,16-17H2,1-4H3/p+1/t20-/m0/s1. The Morgan fingerprint density at radius 2 is 1.70 bits per heavy atom. The number of nitrogens with one attached hydrogen (secondary N) is 1. The Morgan fingerprint density at radius 3 is 2.30 bits per heavy atom. The lowest BCUT2D eigenvalue weighted by Gasteiger charge is -2.21. The van der Waals surface area contributed by atoms with Crippen LogP contribution < -0.4 is 9.80 Å². The molecule has 0 unspecified atom stereocenters. The van der Waals surface area contributed by atoms with Crippen molar-refractivity contribution in [1.82, 2.24) is 14.8 Å². The lowest BCUT2D eigenvalue weighted by Crippen LogP contribution is -3.06. The third-order valence-electron chi connectivity index (χ3n) is 5.19. The van der Waals surface area contributed by atoms with Crippen LogP contribution >= 0.6 is 11.8 Å². The van der Waals surface area contributed by atoms with Crippen molar-refractivity contribution in [3.05, 3.63) is 72.1 Å². The van der Waals surface area contributed by atoms with Gasteiger partial charge in [0.05, 0.1) is 26.4 Å². The van der Waals surface area contributed by atoms with Crippen molar-refractivity contribution in [1.29, 1.82) is 0 Å². The quantitative estimate of drug-likeness (QED) is 0.537. The van der Waals surface area contributed by atoms with Crippen molar-refractivity contribution in [3.63, 3.8) is 0 Å². The van der Waals surface area contributed by atoms with Gasteiger partial charge in [-0.05, 0) is 17.7 Å². The van der Waals surface area contributed by atoms with Crippen LogP contribution in [-0.4, -0.2) is 47.6 Å². The molecule has 2 aromatic carbocycles. The number of carbonyl (C=O) groups excluding carboxylic acids is 1. The molecular formula is C23H30N5OS+. The van der Waals surface area contributed by atoms with Crippen LogP contribution in [0.15, 0.2) is 65.8 Å². The van der Waals surface area contributed by atoms with E-state index in [-0.39, 0.29) is 11.9 Å². The third-order valence-corrected chi connectivity index (χ3v) is 6.14. The number of para-hydroxylation sites is 1. The number of carbonyl (C=O) groups is 1. The largest absolute Gasteiger partial charge is 0.331 e. The highest BCUT2D eigenvalue weighted by Crippen LogP contribution is 2.23. The second kappa shape index (κ2) is 10.4. The van der Waals surface area contributed by atoms with Gasteiger partial charge in [0.15, 0.2) is 11.0 Å². The first-order chi connectivity index (χ1) is 14.5. The van der Waals surface area contributed by atoms with E-state index in [0.717, 1.165) is 23.1 Å². The van der Waals surface area contributed by atoms with Crippen molar-refractivity contribution in [3.8, 4) is 0 Å². The summed E-state index contributed by atoms with van der Waals surface area (Å²) in [7, 11) is 6.09. The number of benzene rings is 2. The van der Waals surface area contributed by atoms with E-state index in [1.807, 2.05) is 48.5 Å². The zero-order valence-corrected chi connectivity index (χ0v) is 18.9. The molecule has 1 amide bonds. The average molecular weight is 425 g/mol. The summed E-state index contributed by atoms with van der Waals surface area (Å²) >= 11 is 1.45. The van der Waals surface area contributed by atoms with Gasteiger partial charge in [0.2, 0.25) is 5.91 Å². The van der Waals surface area contributed by atoms with Crippen molar-refractivity contribution in [2.75, 3.05) is 31.8 Å². The molecule has 1 atom stereocenters. The van der Waals surface area contributed by atoms with E-state index in [2.05, 4.69) is 47.9 Å². The van der Waals surface area contributed by atoms with Gasteiger partial charge in [-0.3, -0.25) is 9.36 Å². The predicted octanol–water partition coefficient (Wildman–Crippen LogP) is 2.68. The predicted molar refractivity (Wildman–Crippen MR) is 122 cm³/mol. The maximum absolute atomic E-state index is 12.7. The number of aromatic nitrogens is 3. The highest BCUT2D eigenvalue weighted by atomic mass is 32.2. The zero-order valence-electron chi connectivity index (χ0n) is 18.1. The number of thioether (sulfide) groups is 1. The molecule has 1 heterocycles. The van der Waals surface area contributed by atoms with Gasteiger partial charge >= 0.3 is 0 Å². The Morgan fingerprint density at radius 1 is 1.07 bits per heavy atom. The first-order valence-electron chi connectivity index (χ1n) is 10.2. The SMILES string of the molecule is CC[C@@H](c1nnc(SCC(=O)N(C)c2ccccc2)n1Cc1ccccc1)[NH+](C)C. The summed E-state index contributed by atoms with van der Waals surface area (Å²) in [6.07, 6.45) is 0.968. The van der Waals surface area contributed by atoms with Gasteiger partial charge < -0.3 is 9.80 Å². The molecule has 0 saturated carbocycles. The minimum Gasteiger partial charge on any atom is -0.331 e. The molecular weight excluding hydrogens is 394 g/mol. The summed E-state index contributed by atoms with van der Waals surface area (Å²) in [4.78, 5) is 15.7. The summed E-state index contributed by atoms with van der Waals surface area (Å²) in [5.74, 6) is 1.31. The first-order valence-corrected chi connectivity index (χ1v) is 11.2. The van der Waals surface area contributed by atoms with Crippen LogP contribution in [0.25, 0.3) is 0 Å². The molecule has 158 valence electrons. The van der Waals surface area contributed by atoms with E-state index < -0.39 is 0 Å². The number of hydrogen-bond donors (Lipinski definition) is 1. The fourth-order valence-corrected chi connectivity index (χ4v) is 4.31. The van der Waals surface area contributed by atoms with E-state index >= 15 is 0 Å². The zero-order chi connectivity index (χ0) is 21.5. The Balaban J connectivity index is 1.81. The fraction of sp³-hybridized carbons (Fsp3) is 0.348. The van der Waals surface area contributed by atoms with E-state index in [0.29, 0.717) is 12.3 Å². The molecule has 3 aromatic rings. The van der Waals surface area contributed by atoms with Crippen LogP contribution in [0.5, 0.6) is 0 Å². The van der Waals surface area contributed by atoms with Crippen LogP contribution in [0.1, 0.15) is 30.8 Å². The summed E-state index contributed by atoms with van der Waals surface area (Å²) in [6, 6.07) is 20.2. The number of nitrogens with zero attached hydrogens (tertiary/aromatic N) is 4. The monoisotopic (exact) mass is 424 g/mol. The molecule has 30 heavy (non-hydrogen) atoms. The molecule has 0 spiro atoms. The highest BCUT2D eigenvalue weighted by molar-refractivity contribution is 7.99. The molecule has 0 saturated heterocycles. The third kappa shape index (κ3) is 5.29. The van der Waals surface area contributed by atoms with Crippen molar-refractivity contribution < 1.29 is 9.69 Å². The molecule has 0 fully saturated rings. The number of quaternary nitrogens is 1. The average Bonchev–Trinajstić information content (AvgIpc) is 3.15. The van der Waals surface area contributed by atoms with Gasteiger partial charge in [-0.2, -0.15) is 0 Å². The lowest BCUT2D eigenvalue weighted by atomic mass is 10.2. The Hall–Kier alpha value is -2.64. The summed E-state index contributed by atoms with van der Waals surface area (Å²) < 4.78 is 2.16. The van der Waals surface area contributed by atoms with Crippen LogP contribution in [-0.2, 0) is 11.3 Å². The number of anilines is 1. The fourth-order valence-electron chi connectivity index (χ4n) is 3.45. The molecule has 6 nitrogen and oxygen atoms in total. The molecule has 3 rings (SSSR count). The van der Waals surface area contributed by atoms with Gasteiger partial charge in [-0.15, -0.1) is 10.2 Å². The molecule has 1 aromatic heterocycles. The molecule has 0 bridgehead atoms. The number of rotatable bonds is 9. The summed E-state index contributed by atoms with van der Waals surface area (Å²) in [5, 5.41) is 9.77. The lowest BCUT2D eigenvalue weighted by molar-refractivity contribution is -0.893. The Kier molecular flexibility index (Phi) is 7.65. The number of hydrogen-bond acceptors (Lipinski definition) is 4. The van der Waals surface area contributed by atoms with Crippen molar-refractivity contribution >= 4 is 23.4 Å². The van der Waals surface area contributed by atoms with Gasteiger partial charge in [0.1, 0.15) is 6.04 Å². The second-order valence-corrected chi connectivity index (χ2v) is 8.47. The Bertz CT molecular complexity index is 943. The smallest absolute Gasteiger partial charge is 0.237 e. The van der Waals surface area contributed by atoms with E-state index in [1.54, 1.807) is 11.9 Å². The molecule has 0 radical (unpaired) electrons. The molecule has 1 N–H and O–H groups in total. The van der Waals surface area contributed by atoms with E-state index in [4.69, 9.17) is 0 Å². The summed E-state index contributed by atoms with van der Waals surface area (Å²) in [6.45, 7) is 2.86. The van der Waals surface area contributed by atoms with E-state index in [9.17, 15) is 4.79 Å². The van der Waals surface area contributed by atoms with Gasteiger partial charge in [-0.1, -0.05) is 67.2 Å². The minimum absolute atomic E-state index is 0.0345. The normalized spacial score (nSPS) is 12.2. The molecule has 0 aliphatic carbocycles.